The van der Waals surface area contributed by atoms with Crippen LogP contribution in [0, 0.1) is 0 Å². The fourth-order valence-electron chi connectivity index (χ4n) is 1.99. The van der Waals surface area contributed by atoms with Gasteiger partial charge in [-0.25, -0.2) is 0 Å². The molecule has 1 saturated carbocycles. The summed E-state index contributed by atoms with van der Waals surface area (Å²) in [7, 11) is 4.14. The van der Waals surface area contributed by atoms with Crippen LogP contribution in [0.1, 0.15) is 25.7 Å². The molecular weight excluding hydrogens is 164 g/mol. The van der Waals surface area contributed by atoms with Gasteiger partial charge in [0.25, 0.3) is 0 Å². The minimum atomic E-state index is 0.0516. The van der Waals surface area contributed by atoms with Crippen molar-refractivity contribution in [2.24, 2.45) is 0 Å². The average molecular weight is 186 g/mol. The molecule has 0 heterocycles. The van der Waals surface area contributed by atoms with Gasteiger partial charge in [0.2, 0.25) is 0 Å². The van der Waals surface area contributed by atoms with Gasteiger partial charge in [-0.2, -0.15) is 0 Å². The van der Waals surface area contributed by atoms with E-state index in [9.17, 15) is 5.11 Å². The van der Waals surface area contributed by atoms with E-state index >= 15 is 0 Å². The SMILES string of the molecule is CN(C)CCNC1(CO)CCCC1. The number of nitrogens with one attached hydrogen (secondary N) is 1. The molecule has 0 atom stereocenters. The van der Waals surface area contributed by atoms with E-state index in [0.717, 1.165) is 25.9 Å². The van der Waals surface area contributed by atoms with E-state index in [1.807, 2.05) is 0 Å². The maximum absolute atomic E-state index is 9.31. The van der Waals surface area contributed by atoms with Crippen molar-refractivity contribution in [2.45, 2.75) is 31.2 Å². The molecule has 3 nitrogen and oxygen atoms in total. The highest BCUT2D eigenvalue weighted by molar-refractivity contribution is 4.92. The summed E-state index contributed by atoms with van der Waals surface area (Å²) >= 11 is 0. The van der Waals surface area contributed by atoms with Crippen LogP contribution in [-0.4, -0.2) is 49.3 Å². The summed E-state index contributed by atoms with van der Waals surface area (Å²) in [5, 5.41) is 12.8. The Hall–Kier alpha value is -0.120. The summed E-state index contributed by atoms with van der Waals surface area (Å²) < 4.78 is 0. The van der Waals surface area contributed by atoms with Crippen molar-refractivity contribution < 1.29 is 5.11 Å². The Kier molecular flexibility index (Phi) is 4.16. The van der Waals surface area contributed by atoms with Crippen LogP contribution in [-0.2, 0) is 0 Å². The molecule has 0 aromatic heterocycles. The molecule has 0 unspecified atom stereocenters. The van der Waals surface area contributed by atoms with E-state index in [-0.39, 0.29) is 5.54 Å². The summed E-state index contributed by atoms with van der Waals surface area (Å²) in [6.07, 6.45) is 4.79. The second kappa shape index (κ2) is 4.94. The number of aliphatic hydroxyl groups excluding tert-OH is 1. The van der Waals surface area contributed by atoms with Crippen molar-refractivity contribution in [1.82, 2.24) is 10.2 Å². The third-order valence-electron chi connectivity index (χ3n) is 2.92. The van der Waals surface area contributed by atoms with Gasteiger partial charge in [-0.15, -0.1) is 0 Å². The Balaban J connectivity index is 2.23. The Morgan fingerprint density at radius 1 is 1.31 bits per heavy atom. The van der Waals surface area contributed by atoms with Crippen LogP contribution >= 0.6 is 0 Å². The molecule has 0 bridgehead atoms. The number of nitrogens with zero attached hydrogens (tertiary/aromatic N) is 1. The molecular formula is C10H22N2O. The lowest BCUT2D eigenvalue weighted by atomic mass is 9.99. The molecule has 0 aliphatic heterocycles. The first kappa shape index (κ1) is 11.0. The standard InChI is InChI=1S/C10H22N2O/c1-12(2)8-7-11-10(9-13)5-3-4-6-10/h11,13H,3-9H2,1-2H3. The lowest BCUT2D eigenvalue weighted by Gasteiger charge is -2.28. The molecule has 0 amide bonds. The van der Waals surface area contributed by atoms with Crippen LogP contribution in [0.2, 0.25) is 0 Å². The van der Waals surface area contributed by atoms with Crippen LogP contribution in [0.4, 0.5) is 0 Å². The van der Waals surface area contributed by atoms with E-state index in [1.54, 1.807) is 0 Å². The zero-order valence-corrected chi connectivity index (χ0v) is 8.84. The Morgan fingerprint density at radius 3 is 2.38 bits per heavy atom. The average Bonchev–Trinajstić information content (AvgIpc) is 2.53. The van der Waals surface area contributed by atoms with E-state index in [4.69, 9.17) is 0 Å². The highest BCUT2D eigenvalue weighted by atomic mass is 16.3. The van der Waals surface area contributed by atoms with E-state index < -0.39 is 0 Å². The quantitative estimate of drug-likeness (QED) is 0.654. The van der Waals surface area contributed by atoms with Crippen LogP contribution < -0.4 is 5.32 Å². The maximum atomic E-state index is 9.31. The zero-order chi connectivity index (χ0) is 9.73. The summed E-state index contributed by atoms with van der Waals surface area (Å²) in [5.41, 5.74) is 0.0516. The third kappa shape index (κ3) is 3.25. The van der Waals surface area contributed by atoms with E-state index in [2.05, 4.69) is 24.3 Å². The van der Waals surface area contributed by atoms with Crippen molar-refractivity contribution in [3.8, 4) is 0 Å². The fraction of sp³-hybridized carbons (Fsp3) is 1.00. The van der Waals surface area contributed by atoms with Gasteiger partial charge in [-0.1, -0.05) is 12.8 Å². The van der Waals surface area contributed by atoms with Crippen molar-refractivity contribution in [3.63, 3.8) is 0 Å². The molecule has 1 aliphatic carbocycles. The van der Waals surface area contributed by atoms with Gasteiger partial charge in [0, 0.05) is 18.6 Å². The lowest BCUT2D eigenvalue weighted by Crippen LogP contribution is -2.48. The predicted octanol–water partition coefficient (Wildman–Crippen LogP) is 0.443. The van der Waals surface area contributed by atoms with Crippen LogP contribution in [0.5, 0.6) is 0 Å². The first-order valence-corrected chi connectivity index (χ1v) is 5.19. The second-order valence-corrected chi connectivity index (χ2v) is 4.38. The van der Waals surface area contributed by atoms with Gasteiger partial charge in [0.15, 0.2) is 0 Å². The molecule has 2 N–H and O–H groups in total. The number of hydrogen-bond acceptors (Lipinski definition) is 3. The van der Waals surface area contributed by atoms with Crippen molar-refractivity contribution in [2.75, 3.05) is 33.8 Å². The summed E-state index contributed by atoms with van der Waals surface area (Å²) in [4.78, 5) is 2.16. The van der Waals surface area contributed by atoms with Crippen LogP contribution in [0.25, 0.3) is 0 Å². The third-order valence-corrected chi connectivity index (χ3v) is 2.92. The lowest BCUT2D eigenvalue weighted by molar-refractivity contribution is 0.161. The molecule has 78 valence electrons. The van der Waals surface area contributed by atoms with E-state index in [1.165, 1.54) is 12.8 Å². The molecule has 0 spiro atoms. The highest BCUT2D eigenvalue weighted by Crippen LogP contribution is 2.28. The summed E-state index contributed by atoms with van der Waals surface area (Å²) in [5.74, 6) is 0. The number of likely N-dealkylation sites (N-methyl/N-ethyl adjacent to an activating group) is 1. The van der Waals surface area contributed by atoms with Crippen LogP contribution in [0.15, 0.2) is 0 Å². The van der Waals surface area contributed by atoms with Gasteiger partial charge in [0.05, 0.1) is 6.61 Å². The molecule has 1 aliphatic rings. The molecule has 13 heavy (non-hydrogen) atoms. The largest absolute Gasteiger partial charge is 0.394 e. The van der Waals surface area contributed by atoms with E-state index in [0.29, 0.717) is 6.61 Å². The van der Waals surface area contributed by atoms with Gasteiger partial charge >= 0.3 is 0 Å². The molecule has 1 fully saturated rings. The summed E-state index contributed by atoms with van der Waals surface area (Å²) in [6, 6.07) is 0. The zero-order valence-electron chi connectivity index (χ0n) is 8.84. The molecule has 0 radical (unpaired) electrons. The van der Waals surface area contributed by atoms with Gasteiger partial charge in [-0.05, 0) is 26.9 Å². The normalized spacial score (nSPS) is 21.2. The molecule has 3 heteroatoms. The van der Waals surface area contributed by atoms with Crippen LogP contribution in [0.3, 0.4) is 0 Å². The Bertz CT molecular complexity index is 142. The Morgan fingerprint density at radius 2 is 1.92 bits per heavy atom. The molecule has 0 saturated heterocycles. The minimum Gasteiger partial charge on any atom is -0.394 e. The first-order chi connectivity index (χ1) is 6.18. The predicted molar refractivity (Wildman–Crippen MR) is 54.8 cm³/mol. The number of rotatable bonds is 5. The van der Waals surface area contributed by atoms with Gasteiger partial charge in [0.1, 0.15) is 0 Å². The van der Waals surface area contributed by atoms with Gasteiger partial charge in [-0.3, -0.25) is 0 Å². The molecule has 0 aromatic rings. The Labute approximate surface area is 81.1 Å². The first-order valence-electron chi connectivity index (χ1n) is 5.19. The topological polar surface area (TPSA) is 35.5 Å². The second-order valence-electron chi connectivity index (χ2n) is 4.38. The molecule has 1 rings (SSSR count). The molecule has 0 aromatic carbocycles. The minimum absolute atomic E-state index is 0.0516. The number of hydrogen-bond donors (Lipinski definition) is 2. The van der Waals surface area contributed by atoms with Crippen molar-refractivity contribution >= 4 is 0 Å². The monoisotopic (exact) mass is 186 g/mol. The van der Waals surface area contributed by atoms with Gasteiger partial charge < -0.3 is 15.3 Å². The van der Waals surface area contributed by atoms with Crippen molar-refractivity contribution in [1.29, 1.82) is 0 Å². The number of aliphatic hydroxyl groups is 1. The maximum Gasteiger partial charge on any atom is 0.0613 e. The highest BCUT2D eigenvalue weighted by Gasteiger charge is 2.31. The smallest absolute Gasteiger partial charge is 0.0613 e. The fourth-order valence-corrected chi connectivity index (χ4v) is 1.99. The van der Waals surface area contributed by atoms with Crippen molar-refractivity contribution in [3.05, 3.63) is 0 Å². The summed E-state index contributed by atoms with van der Waals surface area (Å²) in [6.45, 7) is 2.32.